The molecule has 2 unspecified atom stereocenters. The van der Waals surface area contributed by atoms with Crippen molar-refractivity contribution >= 4 is 40.7 Å². The van der Waals surface area contributed by atoms with Gasteiger partial charge in [0.05, 0.1) is 22.2 Å². The normalized spacial score (nSPS) is 21.7. The van der Waals surface area contributed by atoms with Crippen molar-refractivity contribution in [3.05, 3.63) is 28.2 Å². The van der Waals surface area contributed by atoms with Gasteiger partial charge in [-0.25, -0.2) is 0 Å². The lowest BCUT2D eigenvalue weighted by molar-refractivity contribution is -0.137. The van der Waals surface area contributed by atoms with Crippen molar-refractivity contribution in [3.8, 4) is 0 Å². The van der Waals surface area contributed by atoms with E-state index in [1.165, 1.54) is 12.1 Å². The van der Waals surface area contributed by atoms with Gasteiger partial charge in [0, 0.05) is 5.69 Å². The molecule has 0 spiro atoms. The molecule has 1 fully saturated rings. The van der Waals surface area contributed by atoms with Crippen molar-refractivity contribution in [1.82, 2.24) is 5.32 Å². The molecule has 1 saturated carbocycles. The van der Waals surface area contributed by atoms with E-state index in [1.54, 1.807) is 6.07 Å². The molecule has 0 heterocycles. The molecular weight excluding hydrogens is 315 g/mol. The van der Waals surface area contributed by atoms with Gasteiger partial charge < -0.3 is 15.7 Å². The molecule has 0 aromatic heterocycles. The molecule has 1 aromatic rings. The second-order valence-corrected chi connectivity index (χ2v) is 5.83. The van der Waals surface area contributed by atoms with E-state index in [4.69, 9.17) is 23.2 Å². The van der Waals surface area contributed by atoms with Gasteiger partial charge in [0.15, 0.2) is 0 Å². The summed E-state index contributed by atoms with van der Waals surface area (Å²) >= 11 is 11.6. The summed E-state index contributed by atoms with van der Waals surface area (Å²) in [5, 5.41) is 15.4. The van der Waals surface area contributed by atoms with E-state index < -0.39 is 17.9 Å². The zero-order chi connectivity index (χ0) is 15.4. The van der Waals surface area contributed by atoms with E-state index in [9.17, 15) is 14.7 Å². The summed E-state index contributed by atoms with van der Waals surface area (Å²) in [6.07, 6.45) is 2.58. The Balaban J connectivity index is 1.93. The third-order valence-corrected chi connectivity index (χ3v) is 4.17. The molecule has 2 rings (SSSR count). The van der Waals surface area contributed by atoms with Crippen LogP contribution in [0.3, 0.4) is 0 Å². The summed E-state index contributed by atoms with van der Waals surface area (Å²) in [7, 11) is 0. The van der Waals surface area contributed by atoms with Crippen LogP contribution < -0.4 is 10.6 Å². The molecule has 3 N–H and O–H groups in total. The van der Waals surface area contributed by atoms with Gasteiger partial charge in [0.25, 0.3) is 0 Å². The number of amides is 2. The van der Waals surface area contributed by atoms with Crippen LogP contribution in [0.5, 0.6) is 0 Å². The summed E-state index contributed by atoms with van der Waals surface area (Å²) in [4.78, 5) is 23.6. The minimum absolute atomic E-state index is 0.289. The third kappa shape index (κ3) is 4.33. The average molecular weight is 331 g/mol. The van der Waals surface area contributed by atoms with Crippen molar-refractivity contribution < 1.29 is 14.7 Å². The Bertz CT molecular complexity index is 551. The molecule has 21 heavy (non-hydrogen) atoms. The van der Waals surface area contributed by atoms with Crippen molar-refractivity contribution in [2.45, 2.75) is 37.8 Å². The maximum absolute atomic E-state index is 11.8. The third-order valence-electron chi connectivity index (χ3n) is 3.43. The van der Waals surface area contributed by atoms with Gasteiger partial charge in [0.2, 0.25) is 0 Å². The molecule has 1 aromatic carbocycles. The fourth-order valence-corrected chi connectivity index (χ4v) is 2.57. The van der Waals surface area contributed by atoms with Crippen LogP contribution in [0.25, 0.3) is 0 Å². The average Bonchev–Trinajstić information content (AvgIpc) is 2.45. The molecule has 7 heteroatoms. The highest BCUT2D eigenvalue weighted by Crippen LogP contribution is 2.25. The number of aliphatic hydroxyl groups excluding tert-OH is 1. The summed E-state index contributed by atoms with van der Waals surface area (Å²) in [6.45, 7) is 0. The Morgan fingerprint density at radius 2 is 1.81 bits per heavy atom. The van der Waals surface area contributed by atoms with Gasteiger partial charge in [0.1, 0.15) is 0 Å². The number of anilines is 1. The number of benzene rings is 1. The van der Waals surface area contributed by atoms with Crippen molar-refractivity contribution in [2.24, 2.45) is 0 Å². The first kappa shape index (κ1) is 16.1. The highest BCUT2D eigenvalue weighted by Gasteiger charge is 2.26. The van der Waals surface area contributed by atoms with Crippen molar-refractivity contribution in [2.75, 3.05) is 5.32 Å². The van der Waals surface area contributed by atoms with Crippen LogP contribution in [0.4, 0.5) is 5.69 Å². The van der Waals surface area contributed by atoms with Crippen molar-refractivity contribution in [3.63, 3.8) is 0 Å². The minimum Gasteiger partial charge on any atom is -0.391 e. The summed E-state index contributed by atoms with van der Waals surface area (Å²) in [5.74, 6) is -1.57. The molecule has 0 aliphatic heterocycles. The fraction of sp³-hybridized carbons (Fsp3) is 0.429. The van der Waals surface area contributed by atoms with Gasteiger partial charge in [-0.05, 0) is 31.0 Å². The quantitative estimate of drug-likeness (QED) is 0.728. The molecular formula is C14H16Cl2N2O3. The standard InChI is InChI=1S/C14H16Cl2N2O3/c15-9-6-5-8(7-10(9)16)17-13(20)14(21)18-11-3-1-2-4-12(11)19/h5-7,11-12,19H,1-4H2,(H,17,20)(H,18,21). The summed E-state index contributed by atoms with van der Waals surface area (Å²) in [5.41, 5.74) is 0.383. The predicted octanol–water partition coefficient (Wildman–Crippen LogP) is 2.35. The molecule has 0 radical (unpaired) electrons. The first-order valence-corrected chi connectivity index (χ1v) is 7.48. The smallest absolute Gasteiger partial charge is 0.313 e. The number of hydrogen-bond acceptors (Lipinski definition) is 3. The lowest BCUT2D eigenvalue weighted by Gasteiger charge is -2.27. The lowest BCUT2D eigenvalue weighted by atomic mass is 9.92. The Morgan fingerprint density at radius 3 is 2.48 bits per heavy atom. The highest BCUT2D eigenvalue weighted by atomic mass is 35.5. The zero-order valence-electron chi connectivity index (χ0n) is 11.2. The van der Waals surface area contributed by atoms with Gasteiger partial charge >= 0.3 is 11.8 Å². The molecule has 2 amide bonds. The first-order chi connectivity index (χ1) is 9.97. The molecule has 5 nitrogen and oxygen atoms in total. The predicted molar refractivity (Wildman–Crippen MR) is 81.5 cm³/mol. The minimum atomic E-state index is -0.800. The van der Waals surface area contributed by atoms with E-state index in [1.807, 2.05) is 0 Å². The Labute approximate surface area is 132 Å². The maximum Gasteiger partial charge on any atom is 0.313 e. The second kappa shape index (κ2) is 7.11. The van der Waals surface area contributed by atoms with Crippen LogP contribution in [0.15, 0.2) is 18.2 Å². The fourth-order valence-electron chi connectivity index (χ4n) is 2.28. The maximum atomic E-state index is 11.8. The second-order valence-electron chi connectivity index (χ2n) is 5.01. The molecule has 0 bridgehead atoms. The number of nitrogens with one attached hydrogen (secondary N) is 2. The van der Waals surface area contributed by atoms with Gasteiger partial charge in [-0.15, -0.1) is 0 Å². The van der Waals surface area contributed by atoms with Crippen LogP contribution in [-0.2, 0) is 9.59 Å². The number of halogens is 2. The van der Waals surface area contributed by atoms with E-state index in [-0.39, 0.29) is 11.1 Å². The Hall–Kier alpha value is -1.30. The number of hydrogen-bond donors (Lipinski definition) is 3. The largest absolute Gasteiger partial charge is 0.391 e. The van der Waals surface area contributed by atoms with Crippen LogP contribution >= 0.6 is 23.2 Å². The van der Waals surface area contributed by atoms with E-state index in [0.717, 1.165) is 12.8 Å². The van der Waals surface area contributed by atoms with Crippen molar-refractivity contribution in [1.29, 1.82) is 0 Å². The lowest BCUT2D eigenvalue weighted by Crippen LogP contribution is -2.48. The molecule has 1 aliphatic carbocycles. The molecule has 1 aliphatic rings. The Morgan fingerprint density at radius 1 is 1.10 bits per heavy atom. The highest BCUT2D eigenvalue weighted by molar-refractivity contribution is 6.43. The van der Waals surface area contributed by atoms with E-state index in [2.05, 4.69) is 10.6 Å². The zero-order valence-corrected chi connectivity index (χ0v) is 12.7. The summed E-state index contributed by atoms with van der Waals surface area (Å²) in [6, 6.07) is 4.17. The topological polar surface area (TPSA) is 78.4 Å². The van der Waals surface area contributed by atoms with Crippen LogP contribution in [0, 0.1) is 0 Å². The number of carbonyl (C=O) groups excluding carboxylic acids is 2. The van der Waals surface area contributed by atoms with Crippen LogP contribution in [0.1, 0.15) is 25.7 Å². The van der Waals surface area contributed by atoms with Gasteiger partial charge in [-0.3, -0.25) is 9.59 Å². The van der Waals surface area contributed by atoms with Gasteiger partial charge in [-0.1, -0.05) is 36.0 Å². The molecule has 0 saturated heterocycles. The summed E-state index contributed by atoms with van der Waals surface area (Å²) < 4.78 is 0. The molecule has 114 valence electrons. The number of aliphatic hydroxyl groups is 1. The van der Waals surface area contributed by atoms with E-state index >= 15 is 0 Å². The molecule has 2 atom stereocenters. The van der Waals surface area contributed by atoms with Crippen LogP contribution in [0.2, 0.25) is 10.0 Å². The number of rotatable bonds is 2. The Kier molecular flexibility index (Phi) is 5.45. The number of carbonyl (C=O) groups is 2. The first-order valence-electron chi connectivity index (χ1n) is 6.72. The SMILES string of the molecule is O=C(Nc1ccc(Cl)c(Cl)c1)C(=O)NC1CCCCC1O. The van der Waals surface area contributed by atoms with E-state index in [0.29, 0.717) is 23.6 Å². The van der Waals surface area contributed by atoms with Crippen LogP contribution in [-0.4, -0.2) is 29.1 Å². The monoisotopic (exact) mass is 330 g/mol. The van der Waals surface area contributed by atoms with Gasteiger partial charge in [-0.2, -0.15) is 0 Å².